The van der Waals surface area contributed by atoms with Gasteiger partial charge in [0, 0.05) is 17.0 Å². The van der Waals surface area contributed by atoms with Gasteiger partial charge in [-0.1, -0.05) is 11.6 Å². The Kier molecular flexibility index (Phi) is 5.24. The highest BCUT2D eigenvalue weighted by atomic mass is 79.9. The molecule has 0 amide bonds. The average Bonchev–Trinajstić information content (AvgIpc) is 2.88. The molecule has 0 bridgehead atoms. The summed E-state index contributed by atoms with van der Waals surface area (Å²) in [5, 5.41) is 5.95. The van der Waals surface area contributed by atoms with Gasteiger partial charge in [-0.25, -0.2) is 4.68 Å². The molecule has 3 rings (SSSR count). The summed E-state index contributed by atoms with van der Waals surface area (Å²) in [5.41, 5.74) is 1.64. The Bertz CT molecular complexity index is 726. The Morgan fingerprint density at radius 1 is 1.52 bits per heavy atom. The molecule has 0 saturated carbocycles. The number of nitrogens with zero attached hydrogens (tertiary/aromatic N) is 2. The standard InChI is InChI=1S/C16H18BrClN2O3/c1-2-22-14(21)9-10-11(18)6-7-12-15(10)16(17)19-20(12)13-5-3-4-8-23-13/h6-7,13H,2-5,8-9H2,1H3. The maximum atomic E-state index is 11.9. The summed E-state index contributed by atoms with van der Waals surface area (Å²) in [6.45, 7) is 2.88. The molecule has 0 spiro atoms. The van der Waals surface area contributed by atoms with Gasteiger partial charge in [-0.05, 0) is 59.8 Å². The Labute approximate surface area is 148 Å². The quantitative estimate of drug-likeness (QED) is 0.718. The topological polar surface area (TPSA) is 53.3 Å². The minimum atomic E-state index is -0.296. The smallest absolute Gasteiger partial charge is 0.310 e. The number of benzene rings is 1. The van der Waals surface area contributed by atoms with E-state index in [2.05, 4.69) is 21.0 Å². The second-order valence-corrected chi connectivity index (χ2v) is 6.62. The van der Waals surface area contributed by atoms with Gasteiger partial charge in [-0.15, -0.1) is 0 Å². The van der Waals surface area contributed by atoms with Crippen molar-refractivity contribution in [2.45, 2.75) is 38.8 Å². The van der Waals surface area contributed by atoms with Crippen molar-refractivity contribution in [1.82, 2.24) is 9.78 Å². The van der Waals surface area contributed by atoms with Crippen LogP contribution >= 0.6 is 27.5 Å². The van der Waals surface area contributed by atoms with Crippen LogP contribution in [0.15, 0.2) is 16.7 Å². The lowest BCUT2D eigenvalue weighted by molar-refractivity contribution is -0.142. The molecule has 0 N–H and O–H groups in total. The van der Waals surface area contributed by atoms with E-state index in [0.29, 0.717) is 16.2 Å². The predicted molar refractivity (Wildman–Crippen MR) is 91.6 cm³/mol. The van der Waals surface area contributed by atoms with Crippen LogP contribution in [0.3, 0.4) is 0 Å². The summed E-state index contributed by atoms with van der Waals surface area (Å²) >= 11 is 9.82. The molecule has 23 heavy (non-hydrogen) atoms. The van der Waals surface area contributed by atoms with E-state index in [1.54, 1.807) is 13.0 Å². The zero-order valence-electron chi connectivity index (χ0n) is 12.8. The third-order valence-electron chi connectivity index (χ3n) is 3.94. The first-order valence-electron chi connectivity index (χ1n) is 7.74. The van der Waals surface area contributed by atoms with E-state index in [1.807, 2.05) is 10.7 Å². The molecule has 2 aromatic rings. The van der Waals surface area contributed by atoms with Gasteiger partial charge in [-0.2, -0.15) is 5.10 Å². The molecule has 124 valence electrons. The molecule has 1 aliphatic heterocycles. The normalized spacial score (nSPS) is 18.3. The molecule has 0 aliphatic carbocycles. The number of carbonyl (C=O) groups is 1. The largest absolute Gasteiger partial charge is 0.466 e. The van der Waals surface area contributed by atoms with Gasteiger partial charge in [0.2, 0.25) is 0 Å². The molecule has 1 aliphatic rings. The number of aromatic nitrogens is 2. The van der Waals surface area contributed by atoms with Crippen molar-refractivity contribution in [1.29, 1.82) is 0 Å². The second kappa shape index (κ2) is 7.20. The van der Waals surface area contributed by atoms with Crippen molar-refractivity contribution in [3.63, 3.8) is 0 Å². The number of ether oxygens (including phenoxy) is 2. The summed E-state index contributed by atoms with van der Waals surface area (Å²) in [5.74, 6) is -0.296. The van der Waals surface area contributed by atoms with Crippen LogP contribution in [0.25, 0.3) is 10.9 Å². The van der Waals surface area contributed by atoms with Crippen LogP contribution in [-0.4, -0.2) is 29.0 Å². The maximum Gasteiger partial charge on any atom is 0.310 e. The monoisotopic (exact) mass is 400 g/mol. The van der Waals surface area contributed by atoms with Crippen molar-refractivity contribution in [3.8, 4) is 0 Å². The van der Waals surface area contributed by atoms with Gasteiger partial charge >= 0.3 is 5.97 Å². The van der Waals surface area contributed by atoms with Gasteiger partial charge in [-0.3, -0.25) is 4.79 Å². The minimum Gasteiger partial charge on any atom is -0.466 e. The molecule has 1 unspecified atom stereocenters. The van der Waals surface area contributed by atoms with Crippen LogP contribution in [0.4, 0.5) is 0 Å². The number of esters is 1. The first-order valence-corrected chi connectivity index (χ1v) is 8.91. The van der Waals surface area contributed by atoms with Crippen molar-refractivity contribution in [3.05, 3.63) is 27.3 Å². The molecule has 0 radical (unpaired) electrons. The van der Waals surface area contributed by atoms with E-state index in [0.717, 1.165) is 42.3 Å². The predicted octanol–water partition coefficient (Wildman–Crippen LogP) is 4.26. The van der Waals surface area contributed by atoms with Gasteiger partial charge in [0.1, 0.15) is 4.60 Å². The second-order valence-electron chi connectivity index (χ2n) is 5.46. The van der Waals surface area contributed by atoms with Crippen molar-refractivity contribution in [2.24, 2.45) is 0 Å². The number of halogens is 2. The molecule has 1 fully saturated rings. The van der Waals surface area contributed by atoms with E-state index in [-0.39, 0.29) is 18.6 Å². The minimum absolute atomic E-state index is 0.0748. The molecule has 1 atom stereocenters. The van der Waals surface area contributed by atoms with Crippen molar-refractivity contribution < 1.29 is 14.3 Å². The molecule has 5 nitrogen and oxygen atoms in total. The third kappa shape index (κ3) is 3.39. The molecule has 7 heteroatoms. The van der Waals surface area contributed by atoms with Crippen LogP contribution in [0.1, 0.15) is 38.0 Å². The first-order chi connectivity index (χ1) is 11.1. The lowest BCUT2D eigenvalue weighted by atomic mass is 10.1. The van der Waals surface area contributed by atoms with Crippen molar-refractivity contribution >= 4 is 44.4 Å². The van der Waals surface area contributed by atoms with E-state index < -0.39 is 0 Å². The highest BCUT2D eigenvalue weighted by Gasteiger charge is 2.23. The SMILES string of the molecule is CCOC(=O)Cc1c(Cl)ccc2c1c(Br)nn2C1CCCCO1. The molecule has 1 aromatic heterocycles. The lowest BCUT2D eigenvalue weighted by Crippen LogP contribution is -2.19. The summed E-state index contributed by atoms with van der Waals surface area (Å²) < 4.78 is 13.4. The highest BCUT2D eigenvalue weighted by molar-refractivity contribution is 9.10. The van der Waals surface area contributed by atoms with Crippen LogP contribution in [0, 0.1) is 0 Å². The number of hydrogen-bond acceptors (Lipinski definition) is 4. The Morgan fingerprint density at radius 3 is 3.04 bits per heavy atom. The number of carbonyl (C=O) groups excluding carboxylic acids is 1. The number of hydrogen-bond donors (Lipinski definition) is 0. The summed E-state index contributed by atoms with van der Waals surface area (Å²) in [7, 11) is 0. The summed E-state index contributed by atoms with van der Waals surface area (Å²) in [4.78, 5) is 11.9. The lowest BCUT2D eigenvalue weighted by Gasteiger charge is -2.23. The van der Waals surface area contributed by atoms with Crippen LogP contribution < -0.4 is 0 Å². The summed E-state index contributed by atoms with van der Waals surface area (Å²) in [6.07, 6.45) is 3.18. The van der Waals surface area contributed by atoms with Crippen LogP contribution in [-0.2, 0) is 20.7 Å². The van der Waals surface area contributed by atoms with Gasteiger partial charge in [0.25, 0.3) is 0 Å². The Hall–Kier alpha value is -1.11. The van der Waals surface area contributed by atoms with Crippen LogP contribution in [0.5, 0.6) is 0 Å². The fourth-order valence-corrected chi connectivity index (χ4v) is 3.73. The van der Waals surface area contributed by atoms with E-state index >= 15 is 0 Å². The molecule has 1 aromatic carbocycles. The number of rotatable bonds is 4. The zero-order valence-corrected chi connectivity index (χ0v) is 15.2. The molecule has 1 saturated heterocycles. The maximum absolute atomic E-state index is 11.9. The number of fused-ring (bicyclic) bond motifs is 1. The third-order valence-corrected chi connectivity index (χ3v) is 4.85. The van der Waals surface area contributed by atoms with Gasteiger partial charge < -0.3 is 9.47 Å². The fourth-order valence-electron chi connectivity index (χ4n) is 2.89. The molecular weight excluding hydrogens is 384 g/mol. The van der Waals surface area contributed by atoms with E-state index in [4.69, 9.17) is 21.1 Å². The van der Waals surface area contributed by atoms with Gasteiger partial charge in [0.15, 0.2) is 6.23 Å². The molecular formula is C16H18BrClN2O3. The molecule has 2 heterocycles. The van der Waals surface area contributed by atoms with E-state index in [1.165, 1.54) is 0 Å². The van der Waals surface area contributed by atoms with Crippen molar-refractivity contribution in [2.75, 3.05) is 13.2 Å². The Morgan fingerprint density at radius 2 is 2.35 bits per heavy atom. The summed E-state index contributed by atoms with van der Waals surface area (Å²) in [6, 6.07) is 3.72. The first kappa shape index (κ1) is 16.7. The zero-order chi connectivity index (χ0) is 16.4. The fraction of sp³-hybridized carbons (Fsp3) is 0.500. The van der Waals surface area contributed by atoms with Crippen LogP contribution in [0.2, 0.25) is 5.02 Å². The van der Waals surface area contributed by atoms with Gasteiger partial charge in [0.05, 0.1) is 18.5 Å². The van der Waals surface area contributed by atoms with E-state index in [9.17, 15) is 4.79 Å². The Balaban J connectivity index is 2.04. The highest BCUT2D eigenvalue weighted by Crippen LogP contribution is 2.35. The average molecular weight is 402 g/mol.